The molecular weight excluding hydrogens is 168 g/mol. The lowest BCUT2D eigenvalue weighted by Crippen LogP contribution is -1.90. The highest BCUT2D eigenvalue weighted by atomic mass is 79.9. The number of hydrogen-bond donors (Lipinski definition) is 1. The van der Waals surface area contributed by atoms with Gasteiger partial charge in [-0.3, -0.25) is 0 Å². The summed E-state index contributed by atoms with van der Waals surface area (Å²) in [5.41, 5.74) is 0. The molecule has 8 heavy (non-hydrogen) atoms. The minimum Gasteiger partial charge on any atom is -0.396 e. The zero-order valence-corrected chi connectivity index (χ0v) is 6.82. The second kappa shape index (κ2) is 5.57. The first kappa shape index (κ1) is 8.44. The van der Waals surface area contributed by atoms with Crippen molar-refractivity contribution in [2.45, 2.75) is 31.0 Å². The Hall–Kier alpha value is 0.440. The molecule has 0 aromatic carbocycles. The van der Waals surface area contributed by atoms with Crippen LogP contribution in [-0.2, 0) is 0 Å². The molecular formula is C6H13BrO. The number of halogens is 1. The molecule has 0 aliphatic carbocycles. The minimum absolute atomic E-state index is 0.333. The molecule has 0 bridgehead atoms. The largest absolute Gasteiger partial charge is 0.396 e. The highest BCUT2D eigenvalue weighted by Crippen LogP contribution is 2.07. The Morgan fingerprint density at radius 1 is 1.50 bits per heavy atom. The van der Waals surface area contributed by atoms with E-state index in [0.29, 0.717) is 11.4 Å². The van der Waals surface area contributed by atoms with Crippen molar-refractivity contribution >= 4 is 15.9 Å². The van der Waals surface area contributed by atoms with Crippen LogP contribution in [0.2, 0.25) is 0 Å². The van der Waals surface area contributed by atoms with Crippen LogP contribution in [0.15, 0.2) is 0 Å². The van der Waals surface area contributed by atoms with E-state index in [2.05, 4.69) is 22.9 Å². The summed E-state index contributed by atoms with van der Waals surface area (Å²) in [6.07, 6.45) is 3.24. The smallest absolute Gasteiger partial charge is 0.0431 e. The number of aliphatic hydroxyl groups excluding tert-OH is 1. The summed E-state index contributed by atoms with van der Waals surface area (Å²) in [5.74, 6) is 0. The molecule has 0 amide bonds. The molecule has 0 aromatic rings. The Kier molecular flexibility index (Phi) is 5.88. The van der Waals surface area contributed by atoms with Gasteiger partial charge >= 0.3 is 0 Å². The summed E-state index contributed by atoms with van der Waals surface area (Å²) in [7, 11) is 0. The maximum atomic E-state index is 8.36. The Morgan fingerprint density at radius 3 is 2.50 bits per heavy atom. The van der Waals surface area contributed by atoms with Crippen LogP contribution in [0.3, 0.4) is 0 Å². The molecule has 0 aliphatic heterocycles. The lowest BCUT2D eigenvalue weighted by Gasteiger charge is -1.98. The summed E-state index contributed by atoms with van der Waals surface area (Å²) < 4.78 is 0. The Morgan fingerprint density at radius 2 is 2.12 bits per heavy atom. The van der Waals surface area contributed by atoms with Crippen LogP contribution in [-0.4, -0.2) is 16.5 Å². The lowest BCUT2D eigenvalue weighted by molar-refractivity contribution is 0.283. The van der Waals surface area contributed by atoms with E-state index < -0.39 is 0 Å². The fourth-order valence-corrected chi connectivity index (χ4v) is 0.861. The second-order valence-electron chi connectivity index (χ2n) is 2.00. The number of hydrogen-bond acceptors (Lipinski definition) is 1. The Balaban J connectivity index is 2.72. The zero-order chi connectivity index (χ0) is 6.41. The van der Waals surface area contributed by atoms with Crippen molar-refractivity contribution in [1.82, 2.24) is 0 Å². The average molecular weight is 181 g/mol. The van der Waals surface area contributed by atoms with E-state index >= 15 is 0 Å². The molecule has 0 saturated heterocycles. The van der Waals surface area contributed by atoms with Gasteiger partial charge in [0, 0.05) is 11.4 Å². The maximum Gasteiger partial charge on any atom is 0.0431 e. The Labute approximate surface area is 59.2 Å². The third-order valence-corrected chi connectivity index (χ3v) is 1.47. The fraction of sp³-hybridized carbons (Fsp3) is 1.00. The van der Waals surface area contributed by atoms with Crippen molar-refractivity contribution in [3.8, 4) is 0 Å². The van der Waals surface area contributed by atoms with Crippen LogP contribution in [0.25, 0.3) is 0 Å². The molecule has 0 radical (unpaired) electrons. The van der Waals surface area contributed by atoms with Crippen LogP contribution < -0.4 is 0 Å². The first-order valence-electron chi connectivity index (χ1n) is 3.02. The van der Waals surface area contributed by atoms with E-state index in [4.69, 9.17) is 5.11 Å². The SMILES string of the molecule is C[C@@H](Br)CCCCO. The number of aliphatic hydroxyl groups is 1. The van der Waals surface area contributed by atoms with Crippen molar-refractivity contribution in [2.24, 2.45) is 0 Å². The van der Waals surface area contributed by atoms with Gasteiger partial charge in [-0.05, 0) is 12.8 Å². The third kappa shape index (κ3) is 6.44. The summed E-state index contributed by atoms with van der Waals surface area (Å²) in [4.78, 5) is 0.606. The van der Waals surface area contributed by atoms with Gasteiger partial charge in [0.1, 0.15) is 0 Å². The van der Waals surface area contributed by atoms with Gasteiger partial charge in [-0.25, -0.2) is 0 Å². The average Bonchev–Trinajstić information content (AvgIpc) is 1.66. The summed E-state index contributed by atoms with van der Waals surface area (Å²) in [5, 5.41) is 8.36. The predicted molar refractivity (Wildman–Crippen MR) is 39.3 cm³/mol. The van der Waals surface area contributed by atoms with Gasteiger partial charge in [-0.1, -0.05) is 29.3 Å². The zero-order valence-electron chi connectivity index (χ0n) is 5.23. The molecule has 0 aliphatic rings. The van der Waals surface area contributed by atoms with Crippen LogP contribution in [0.5, 0.6) is 0 Å². The van der Waals surface area contributed by atoms with Gasteiger partial charge < -0.3 is 5.11 Å². The van der Waals surface area contributed by atoms with Gasteiger partial charge in [0.05, 0.1) is 0 Å². The molecule has 0 spiro atoms. The number of rotatable bonds is 4. The summed E-state index contributed by atoms with van der Waals surface area (Å²) >= 11 is 3.42. The standard InChI is InChI=1S/C6H13BrO/c1-6(7)4-2-3-5-8/h6,8H,2-5H2,1H3/t6-/m1/s1. The number of alkyl halides is 1. The van der Waals surface area contributed by atoms with Crippen molar-refractivity contribution in [2.75, 3.05) is 6.61 Å². The molecule has 1 nitrogen and oxygen atoms in total. The fourth-order valence-electron chi connectivity index (χ4n) is 0.537. The van der Waals surface area contributed by atoms with E-state index in [1.807, 2.05) is 0 Å². The lowest BCUT2D eigenvalue weighted by atomic mass is 10.2. The first-order chi connectivity index (χ1) is 3.77. The number of unbranched alkanes of at least 4 members (excludes halogenated alkanes) is 1. The predicted octanol–water partition coefficient (Wildman–Crippen LogP) is 1.93. The normalized spacial score (nSPS) is 13.9. The quantitative estimate of drug-likeness (QED) is 0.519. The van der Waals surface area contributed by atoms with Crippen molar-refractivity contribution in [3.05, 3.63) is 0 Å². The van der Waals surface area contributed by atoms with Gasteiger partial charge in [0.2, 0.25) is 0 Å². The molecule has 0 heterocycles. The van der Waals surface area contributed by atoms with E-state index in [1.54, 1.807) is 0 Å². The van der Waals surface area contributed by atoms with E-state index in [1.165, 1.54) is 6.42 Å². The highest BCUT2D eigenvalue weighted by Gasteiger charge is 1.92. The van der Waals surface area contributed by atoms with E-state index in [-0.39, 0.29) is 0 Å². The van der Waals surface area contributed by atoms with Crippen LogP contribution in [0, 0.1) is 0 Å². The van der Waals surface area contributed by atoms with Crippen molar-refractivity contribution < 1.29 is 5.11 Å². The first-order valence-corrected chi connectivity index (χ1v) is 3.94. The van der Waals surface area contributed by atoms with Gasteiger partial charge in [0.25, 0.3) is 0 Å². The molecule has 1 N–H and O–H groups in total. The van der Waals surface area contributed by atoms with Gasteiger partial charge in [0.15, 0.2) is 0 Å². The van der Waals surface area contributed by atoms with Crippen LogP contribution >= 0.6 is 15.9 Å². The second-order valence-corrected chi connectivity index (χ2v) is 3.56. The molecule has 0 saturated carbocycles. The minimum atomic E-state index is 0.333. The highest BCUT2D eigenvalue weighted by molar-refractivity contribution is 9.09. The monoisotopic (exact) mass is 180 g/mol. The summed E-state index contributed by atoms with van der Waals surface area (Å²) in [6, 6.07) is 0. The van der Waals surface area contributed by atoms with E-state index in [0.717, 1.165) is 12.8 Å². The molecule has 1 atom stereocenters. The molecule has 0 aromatic heterocycles. The Bertz CT molecular complexity index is 45.8. The molecule has 0 rings (SSSR count). The molecule has 2 heteroatoms. The van der Waals surface area contributed by atoms with Crippen molar-refractivity contribution in [1.29, 1.82) is 0 Å². The summed E-state index contributed by atoms with van der Waals surface area (Å²) in [6.45, 7) is 2.46. The molecule has 0 unspecified atom stereocenters. The van der Waals surface area contributed by atoms with Gasteiger partial charge in [-0.15, -0.1) is 0 Å². The van der Waals surface area contributed by atoms with Crippen LogP contribution in [0.1, 0.15) is 26.2 Å². The topological polar surface area (TPSA) is 20.2 Å². The molecule has 50 valence electrons. The van der Waals surface area contributed by atoms with E-state index in [9.17, 15) is 0 Å². The third-order valence-electron chi connectivity index (χ3n) is 1.01. The van der Waals surface area contributed by atoms with Gasteiger partial charge in [-0.2, -0.15) is 0 Å². The maximum absolute atomic E-state index is 8.36. The molecule has 0 fully saturated rings. The van der Waals surface area contributed by atoms with Crippen molar-refractivity contribution in [3.63, 3.8) is 0 Å². The van der Waals surface area contributed by atoms with Crippen LogP contribution in [0.4, 0.5) is 0 Å².